The summed E-state index contributed by atoms with van der Waals surface area (Å²) in [4.78, 5) is 9.90. The molecule has 19 heavy (non-hydrogen) atoms. The second kappa shape index (κ2) is 6.50. The van der Waals surface area contributed by atoms with Crippen LogP contribution in [0.15, 0.2) is 39.8 Å². The zero-order chi connectivity index (χ0) is 13.8. The van der Waals surface area contributed by atoms with Gasteiger partial charge in [-0.1, -0.05) is 12.1 Å². The summed E-state index contributed by atoms with van der Waals surface area (Å²) in [5.41, 5.74) is 1.63. The van der Waals surface area contributed by atoms with Gasteiger partial charge in [0.1, 0.15) is 5.82 Å². The van der Waals surface area contributed by atoms with Crippen molar-refractivity contribution in [3.05, 3.63) is 52.0 Å². The molecule has 0 saturated heterocycles. The molecule has 100 valence electrons. The summed E-state index contributed by atoms with van der Waals surface area (Å²) in [6.07, 6.45) is 1.19. The molecular weight excluding hydrogens is 324 g/mol. The number of aryl methyl sites for hydroxylation is 1. The molecule has 0 amide bonds. The molecule has 1 aromatic carbocycles. The van der Waals surface area contributed by atoms with Crippen LogP contribution in [-0.4, -0.2) is 15.1 Å². The van der Waals surface area contributed by atoms with E-state index >= 15 is 0 Å². The molecule has 3 nitrogen and oxygen atoms in total. The molecule has 1 aromatic heterocycles. The first-order valence-corrected chi connectivity index (χ1v) is 7.73. The minimum atomic E-state index is -0.523. The van der Waals surface area contributed by atoms with Gasteiger partial charge in [0, 0.05) is 26.8 Å². The number of aliphatic hydroxyl groups excluding tert-OH is 1. The second-order valence-electron chi connectivity index (χ2n) is 4.22. The van der Waals surface area contributed by atoms with E-state index in [9.17, 15) is 5.11 Å². The Morgan fingerprint density at radius 3 is 2.74 bits per heavy atom. The predicted molar refractivity (Wildman–Crippen MR) is 81.1 cm³/mol. The Morgan fingerprint density at radius 2 is 2.11 bits per heavy atom. The highest BCUT2D eigenvalue weighted by molar-refractivity contribution is 9.10. The first-order valence-electron chi connectivity index (χ1n) is 5.95. The lowest BCUT2D eigenvalue weighted by Crippen LogP contribution is -2.02. The van der Waals surface area contributed by atoms with Crippen molar-refractivity contribution >= 4 is 27.7 Å². The number of hydrogen-bond acceptors (Lipinski definition) is 4. The van der Waals surface area contributed by atoms with Crippen LogP contribution in [0.1, 0.15) is 30.1 Å². The van der Waals surface area contributed by atoms with E-state index in [-0.39, 0.29) is 0 Å². The Kier molecular flexibility index (Phi) is 4.96. The van der Waals surface area contributed by atoms with Gasteiger partial charge in [0.15, 0.2) is 0 Å². The molecule has 5 heteroatoms. The standard InChI is InChI=1S/C14H15BrN2OS/c1-9-11(10(2)18)7-16-14(17-9)8-19-13-6-4-3-5-12(13)15/h3-7,10,18H,8H2,1-2H3. The van der Waals surface area contributed by atoms with Crippen LogP contribution in [0.2, 0.25) is 0 Å². The lowest BCUT2D eigenvalue weighted by molar-refractivity contribution is 0.197. The molecule has 0 aliphatic rings. The number of rotatable bonds is 4. The van der Waals surface area contributed by atoms with Crippen molar-refractivity contribution in [1.82, 2.24) is 9.97 Å². The third-order valence-corrected chi connectivity index (χ3v) is 4.73. The molecule has 0 spiro atoms. The molecular formula is C14H15BrN2OS. The SMILES string of the molecule is Cc1nc(CSc2ccccc2Br)ncc1C(C)O. The summed E-state index contributed by atoms with van der Waals surface area (Å²) in [5, 5.41) is 9.55. The van der Waals surface area contributed by atoms with Gasteiger partial charge in [-0.2, -0.15) is 0 Å². The van der Waals surface area contributed by atoms with Gasteiger partial charge in [-0.3, -0.25) is 0 Å². The largest absolute Gasteiger partial charge is 0.389 e. The van der Waals surface area contributed by atoms with Crippen molar-refractivity contribution in [2.24, 2.45) is 0 Å². The van der Waals surface area contributed by atoms with Crippen LogP contribution in [0.4, 0.5) is 0 Å². The van der Waals surface area contributed by atoms with Gasteiger partial charge < -0.3 is 5.11 Å². The van der Waals surface area contributed by atoms with Gasteiger partial charge in [-0.15, -0.1) is 11.8 Å². The van der Waals surface area contributed by atoms with Crippen molar-refractivity contribution < 1.29 is 5.11 Å². The van der Waals surface area contributed by atoms with E-state index in [0.717, 1.165) is 21.6 Å². The van der Waals surface area contributed by atoms with Gasteiger partial charge in [0.2, 0.25) is 0 Å². The van der Waals surface area contributed by atoms with E-state index in [1.807, 2.05) is 25.1 Å². The lowest BCUT2D eigenvalue weighted by atomic mass is 10.1. The monoisotopic (exact) mass is 338 g/mol. The minimum Gasteiger partial charge on any atom is -0.389 e. The molecule has 0 bridgehead atoms. The number of benzene rings is 1. The van der Waals surface area contributed by atoms with Gasteiger partial charge in [-0.05, 0) is 41.9 Å². The van der Waals surface area contributed by atoms with Crippen molar-refractivity contribution in [3.63, 3.8) is 0 Å². The third-order valence-electron chi connectivity index (χ3n) is 2.71. The maximum atomic E-state index is 9.55. The topological polar surface area (TPSA) is 46.0 Å². The average Bonchev–Trinajstić information content (AvgIpc) is 2.37. The van der Waals surface area contributed by atoms with Crippen LogP contribution >= 0.6 is 27.7 Å². The second-order valence-corrected chi connectivity index (χ2v) is 6.09. The Morgan fingerprint density at radius 1 is 1.37 bits per heavy atom. The summed E-state index contributed by atoms with van der Waals surface area (Å²) in [6, 6.07) is 8.08. The Balaban J connectivity index is 2.08. The van der Waals surface area contributed by atoms with Crippen molar-refractivity contribution in [2.75, 3.05) is 0 Å². The minimum absolute atomic E-state index is 0.523. The zero-order valence-corrected chi connectivity index (χ0v) is 13.2. The van der Waals surface area contributed by atoms with E-state index < -0.39 is 6.10 Å². The highest BCUT2D eigenvalue weighted by atomic mass is 79.9. The highest BCUT2D eigenvalue weighted by Gasteiger charge is 2.08. The summed E-state index contributed by atoms with van der Waals surface area (Å²) >= 11 is 5.21. The van der Waals surface area contributed by atoms with E-state index in [1.165, 1.54) is 4.90 Å². The number of hydrogen-bond donors (Lipinski definition) is 1. The number of aliphatic hydroxyl groups is 1. The summed E-state index contributed by atoms with van der Waals surface area (Å²) in [6.45, 7) is 3.62. The maximum Gasteiger partial charge on any atom is 0.138 e. The number of halogens is 1. The summed E-state index contributed by atoms with van der Waals surface area (Å²) in [7, 11) is 0. The van der Waals surface area contributed by atoms with Crippen molar-refractivity contribution in [2.45, 2.75) is 30.6 Å². The van der Waals surface area contributed by atoms with Gasteiger partial charge in [-0.25, -0.2) is 9.97 Å². The lowest BCUT2D eigenvalue weighted by Gasteiger charge is -2.09. The highest BCUT2D eigenvalue weighted by Crippen LogP contribution is 2.29. The third kappa shape index (κ3) is 3.78. The fourth-order valence-corrected chi connectivity index (χ4v) is 3.14. The molecule has 0 radical (unpaired) electrons. The Labute approximate surface area is 125 Å². The molecule has 0 fully saturated rings. The van der Waals surface area contributed by atoms with Crippen LogP contribution in [-0.2, 0) is 5.75 Å². The molecule has 0 aliphatic carbocycles. The van der Waals surface area contributed by atoms with Crippen molar-refractivity contribution in [3.8, 4) is 0 Å². The summed E-state index contributed by atoms with van der Waals surface area (Å²) < 4.78 is 1.08. The first kappa shape index (κ1) is 14.5. The molecule has 2 aromatic rings. The molecule has 1 N–H and O–H groups in total. The fraction of sp³-hybridized carbons (Fsp3) is 0.286. The Hall–Kier alpha value is -0.910. The van der Waals surface area contributed by atoms with Gasteiger partial charge in [0.05, 0.1) is 11.9 Å². The average molecular weight is 339 g/mol. The van der Waals surface area contributed by atoms with E-state index in [1.54, 1.807) is 24.9 Å². The Bertz CT molecular complexity index is 575. The van der Waals surface area contributed by atoms with Crippen molar-refractivity contribution in [1.29, 1.82) is 0 Å². The molecule has 1 unspecified atom stereocenters. The molecule has 1 heterocycles. The number of thioether (sulfide) groups is 1. The van der Waals surface area contributed by atoms with Crippen LogP contribution in [0.5, 0.6) is 0 Å². The van der Waals surface area contributed by atoms with Crippen LogP contribution < -0.4 is 0 Å². The molecule has 0 saturated carbocycles. The van der Waals surface area contributed by atoms with E-state index in [2.05, 4.69) is 32.0 Å². The van der Waals surface area contributed by atoms with Crippen LogP contribution in [0, 0.1) is 6.92 Å². The predicted octanol–water partition coefficient (Wildman–Crippen LogP) is 3.89. The fourth-order valence-electron chi connectivity index (χ4n) is 1.71. The quantitative estimate of drug-likeness (QED) is 0.859. The molecule has 2 rings (SSSR count). The molecule has 1 atom stereocenters. The van der Waals surface area contributed by atoms with Crippen LogP contribution in [0.3, 0.4) is 0 Å². The van der Waals surface area contributed by atoms with E-state index in [0.29, 0.717) is 5.75 Å². The van der Waals surface area contributed by atoms with Gasteiger partial charge >= 0.3 is 0 Å². The van der Waals surface area contributed by atoms with E-state index in [4.69, 9.17) is 0 Å². The first-order chi connectivity index (χ1) is 9.08. The summed E-state index contributed by atoms with van der Waals surface area (Å²) in [5.74, 6) is 1.49. The smallest absolute Gasteiger partial charge is 0.138 e. The van der Waals surface area contributed by atoms with Crippen LogP contribution in [0.25, 0.3) is 0 Å². The normalized spacial score (nSPS) is 12.4. The van der Waals surface area contributed by atoms with Gasteiger partial charge in [0.25, 0.3) is 0 Å². The zero-order valence-electron chi connectivity index (χ0n) is 10.8. The number of nitrogens with zero attached hydrogens (tertiary/aromatic N) is 2. The molecule has 0 aliphatic heterocycles. The number of aromatic nitrogens is 2. The maximum absolute atomic E-state index is 9.55.